The van der Waals surface area contributed by atoms with Gasteiger partial charge in [-0.05, 0) is 60.8 Å². The maximum atomic E-state index is 6.21. The molecule has 1 saturated carbocycles. The van der Waals surface area contributed by atoms with E-state index >= 15 is 0 Å². The molecule has 20 heavy (non-hydrogen) atoms. The van der Waals surface area contributed by atoms with Gasteiger partial charge in [-0.15, -0.1) is 0 Å². The third-order valence-electron chi connectivity index (χ3n) is 4.20. The van der Waals surface area contributed by atoms with Crippen LogP contribution in [0.2, 0.25) is 0 Å². The van der Waals surface area contributed by atoms with Gasteiger partial charge in [0, 0.05) is 10.4 Å². The first-order valence-corrected chi connectivity index (χ1v) is 8.11. The number of rotatable bonds is 3. The van der Waals surface area contributed by atoms with Gasteiger partial charge >= 0.3 is 0 Å². The Morgan fingerprint density at radius 1 is 1.05 bits per heavy atom. The highest BCUT2D eigenvalue weighted by Gasteiger charge is 2.25. The molecule has 1 aliphatic carbocycles. The Kier molecular flexibility index (Phi) is 4.27. The Morgan fingerprint density at radius 2 is 1.80 bits per heavy atom. The van der Waals surface area contributed by atoms with E-state index in [0.29, 0.717) is 5.92 Å². The molecule has 0 aliphatic heterocycles. The fourth-order valence-electron chi connectivity index (χ4n) is 3.04. The van der Waals surface area contributed by atoms with E-state index in [9.17, 15) is 0 Å². The molecule has 1 fully saturated rings. The van der Waals surface area contributed by atoms with Crippen LogP contribution < -0.4 is 10.5 Å². The van der Waals surface area contributed by atoms with E-state index in [2.05, 4.69) is 52.3 Å². The Bertz CT molecular complexity index is 599. The van der Waals surface area contributed by atoms with Crippen molar-refractivity contribution in [1.29, 1.82) is 0 Å². The molecule has 0 bridgehead atoms. The quantitative estimate of drug-likeness (QED) is 0.897. The molecule has 0 radical (unpaired) electrons. The molecule has 1 aliphatic rings. The molecule has 0 heterocycles. The van der Waals surface area contributed by atoms with Crippen molar-refractivity contribution < 1.29 is 4.74 Å². The summed E-state index contributed by atoms with van der Waals surface area (Å²) in [7, 11) is 0. The topological polar surface area (TPSA) is 35.2 Å². The predicted molar refractivity (Wildman–Crippen MR) is 87.1 cm³/mol. The fourth-order valence-corrected chi connectivity index (χ4v) is 3.42. The van der Waals surface area contributed by atoms with E-state index in [1.54, 1.807) is 0 Å². The molecule has 2 nitrogen and oxygen atoms in total. The van der Waals surface area contributed by atoms with Crippen LogP contribution in [0.3, 0.4) is 0 Å². The summed E-state index contributed by atoms with van der Waals surface area (Å²) in [5.74, 6) is 1.47. The van der Waals surface area contributed by atoms with Crippen LogP contribution in [0.1, 0.15) is 25.7 Å². The first kappa shape index (κ1) is 13.9. The number of hydrogen-bond acceptors (Lipinski definition) is 2. The van der Waals surface area contributed by atoms with E-state index in [-0.39, 0.29) is 6.10 Å². The highest BCUT2D eigenvalue weighted by Crippen LogP contribution is 2.30. The van der Waals surface area contributed by atoms with Gasteiger partial charge in [-0.1, -0.05) is 34.5 Å². The lowest BCUT2D eigenvalue weighted by atomic mass is 9.86. The molecule has 3 heteroatoms. The predicted octanol–water partition coefficient (Wildman–Crippen LogP) is 4.50. The van der Waals surface area contributed by atoms with Crippen LogP contribution in [-0.4, -0.2) is 12.6 Å². The second-order valence-corrected chi connectivity index (χ2v) is 6.51. The highest BCUT2D eigenvalue weighted by molar-refractivity contribution is 9.10. The molecule has 2 aromatic rings. The zero-order valence-corrected chi connectivity index (χ0v) is 13.1. The lowest BCUT2D eigenvalue weighted by Crippen LogP contribution is -2.35. The van der Waals surface area contributed by atoms with E-state index in [4.69, 9.17) is 10.5 Å². The summed E-state index contributed by atoms with van der Waals surface area (Å²) in [6.07, 6.45) is 5.14. The number of nitrogens with two attached hydrogens (primary N) is 1. The minimum Gasteiger partial charge on any atom is -0.490 e. The monoisotopic (exact) mass is 333 g/mol. The summed E-state index contributed by atoms with van der Waals surface area (Å²) in [4.78, 5) is 0. The van der Waals surface area contributed by atoms with E-state index in [0.717, 1.165) is 23.2 Å². The molecule has 3 rings (SSSR count). The Morgan fingerprint density at radius 3 is 2.65 bits per heavy atom. The molecule has 0 spiro atoms. The molecular weight excluding hydrogens is 314 g/mol. The highest BCUT2D eigenvalue weighted by atomic mass is 79.9. The van der Waals surface area contributed by atoms with Gasteiger partial charge < -0.3 is 10.5 Å². The average molecular weight is 334 g/mol. The molecule has 2 N–H and O–H groups in total. The zero-order valence-electron chi connectivity index (χ0n) is 11.5. The molecule has 106 valence electrons. The Labute approximate surface area is 128 Å². The first-order valence-electron chi connectivity index (χ1n) is 7.32. The van der Waals surface area contributed by atoms with Crippen molar-refractivity contribution in [3.63, 3.8) is 0 Å². The van der Waals surface area contributed by atoms with Gasteiger partial charge in [-0.2, -0.15) is 0 Å². The van der Waals surface area contributed by atoms with Crippen molar-refractivity contribution in [3.8, 4) is 5.75 Å². The second-order valence-electron chi connectivity index (χ2n) is 5.59. The minimum absolute atomic E-state index is 0.279. The van der Waals surface area contributed by atoms with Crippen LogP contribution in [0.5, 0.6) is 5.75 Å². The third-order valence-corrected chi connectivity index (χ3v) is 4.70. The van der Waals surface area contributed by atoms with Gasteiger partial charge in [0.15, 0.2) is 0 Å². The normalized spacial score (nSPS) is 22.9. The number of fused-ring (bicyclic) bond motifs is 1. The summed E-state index contributed by atoms with van der Waals surface area (Å²) >= 11 is 3.50. The third kappa shape index (κ3) is 2.99. The van der Waals surface area contributed by atoms with Crippen LogP contribution in [0.4, 0.5) is 0 Å². The standard InChI is InChI=1S/C17H20BrNO/c18-15-7-5-13-10-16(8-6-12(13)9-15)20-17-4-2-1-3-14(17)11-19/h5-10,14,17H,1-4,11,19H2. The Balaban J connectivity index is 1.81. The number of halogens is 1. The smallest absolute Gasteiger partial charge is 0.120 e. The molecule has 2 unspecified atom stereocenters. The average Bonchev–Trinajstić information content (AvgIpc) is 2.48. The van der Waals surface area contributed by atoms with E-state index in [1.165, 1.54) is 30.0 Å². The van der Waals surface area contributed by atoms with Gasteiger partial charge in [0.25, 0.3) is 0 Å². The summed E-state index contributed by atoms with van der Waals surface area (Å²) in [6, 6.07) is 12.6. The Hall–Kier alpha value is -1.06. The summed E-state index contributed by atoms with van der Waals surface area (Å²) < 4.78 is 7.31. The van der Waals surface area contributed by atoms with Crippen LogP contribution in [0, 0.1) is 5.92 Å². The maximum Gasteiger partial charge on any atom is 0.120 e. The van der Waals surface area contributed by atoms with Gasteiger partial charge in [0.1, 0.15) is 11.9 Å². The molecule has 0 aromatic heterocycles. The summed E-state index contributed by atoms with van der Waals surface area (Å²) in [5, 5.41) is 2.44. The number of benzene rings is 2. The lowest BCUT2D eigenvalue weighted by Gasteiger charge is -2.31. The van der Waals surface area contributed by atoms with Crippen LogP contribution in [-0.2, 0) is 0 Å². The van der Waals surface area contributed by atoms with Gasteiger partial charge in [0.05, 0.1) is 0 Å². The van der Waals surface area contributed by atoms with E-state index < -0.39 is 0 Å². The van der Waals surface area contributed by atoms with E-state index in [1.807, 2.05) is 0 Å². The SMILES string of the molecule is NCC1CCCCC1Oc1ccc2cc(Br)ccc2c1. The molecule has 0 saturated heterocycles. The van der Waals surface area contributed by atoms with Crippen molar-refractivity contribution in [3.05, 3.63) is 40.9 Å². The van der Waals surface area contributed by atoms with Crippen molar-refractivity contribution in [2.45, 2.75) is 31.8 Å². The molecule has 2 atom stereocenters. The molecule has 2 aromatic carbocycles. The molecular formula is C17H20BrNO. The summed E-state index contributed by atoms with van der Waals surface area (Å²) in [5.41, 5.74) is 5.87. The second kappa shape index (κ2) is 6.15. The van der Waals surface area contributed by atoms with Crippen molar-refractivity contribution >= 4 is 26.7 Å². The van der Waals surface area contributed by atoms with Crippen LogP contribution in [0.25, 0.3) is 10.8 Å². The first-order chi connectivity index (χ1) is 9.76. The zero-order chi connectivity index (χ0) is 13.9. The number of ether oxygens (including phenoxy) is 1. The fraction of sp³-hybridized carbons (Fsp3) is 0.412. The lowest BCUT2D eigenvalue weighted by molar-refractivity contribution is 0.0972. The summed E-state index contributed by atoms with van der Waals surface area (Å²) in [6.45, 7) is 0.727. The van der Waals surface area contributed by atoms with Crippen LogP contribution >= 0.6 is 15.9 Å². The molecule has 0 amide bonds. The largest absolute Gasteiger partial charge is 0.490 e. The minimum atomic E-state index is 0.279. The maximum absolute atomic E-state index is 6.21. The van der Waals surface area contributed by atoms with Gasteiger partial charge in [-0.3, -0.25) is 0 Å². The van der Waals surface area contributed by atoms with Crippen LogP contribution in [0.15, 0.2) is 40.9 Å². The van der Waals surface area contributed by atoms with Gasteiger partial charge in [-0.25, -0.2) is 0 Å². The number of hydrogen-bond donors (Lipinski definition) is 1. The van der Waals surface area contributed by atoms with Crippen molar-refractivity contribution in [2.75, 3.05) is 6.54 Å². The van der Waals surface area contributed by atoms with Gasteiger partial charge in [0.2, 0.25) is 0 Å². The van der Waals surface area contributed by atoms with Crippen molar-refractivity contribution in [1.82, 2.24) is 0 Å². The van der Waals surface area contributed by atoms with Crippen molar-refractivity contribution in [2.24, 2.45) is 11.7 Å².